The number of amides is 1. The van der Waals surface area contributed by atoms with Crippen molar-refractivity contribution in [3.05, 3.63) is 39.8 Å². The van der Waals surface area contributed by atoms with Gasteiger partial charge in [-0.25, -0.2) is 0 Å². The van der Waals surface area contributed by atoms with Gasteiger partial charge in [0.2, 0.25) is 5.91 Å². The van der Waals surface area contributed by atoms with E-state index in [9.17, 15) is 9.59 Å². The first-order chi connectivity index (χ1) is 15.4. The van der Waals surface area contributed by atoms with Crippen molar-refractivity contribution in [3.63, 3.8) is 0 Å². The van der Waals surface area contributed by atoms with Gasteiger partial charge in [0.1, 0.15) is 5.75 Å². The van der Waals surface area contributed by atoms with E-state index in [4.69, 9.17) is 4.74 Å². The molecule has 174 valence electrons. The molecule has 32 heavy (non-hydrogen) atoms. The van der Waals surface area contributed by atoms with Gasteiger partial charge in [0.25, 0.3) is 5.56 Å². The first-order valence-electron chi connectivity index (χ1n) is 11.3. The van der Waals surface area contributed by atoms with Gasteiger partial charge < -0.3 is 19.9 Å². The highest BCUT2D eigenvalue weighted by molar-refractivity contribution is 5.76. The number of H-pyrrole nitrogens is 1. The van der Waals surface area contributed by atoms with Crippen LogP contribution in [-0.2, 0) is 11.3 Å². The highest BCUT2D eigenvalue weighted by Crippen LogP contribution is 2.29. The predicted molar refractivity (Wildman–Crippen MR) is 123 cm³/mol. The number of hydrogen-bond donors (Lipinski definition) is 2. The minimum Gasteiger partial charge on any atom is -0.493 e. The lowest BCUT2D eigenvalue weighted by molar-refractivity contribution is -0.121. The third-order valence-electron chi connectivity index (χ3n) is 5.59. The van der Waals surface area contributed by atoms with Crippen LogP contribution in [-0.4, -0.2) is 70.7 Å². The largest absolute Gasteiger partial charge is 0.493 e. The molecule has 1 aromatic heterocycles. The number of nitrogens with one attached hydrogen (secondary N) is 2. The second-order valence-electron chi connectivity index (χ2n) is 8.27. The van der Waals surface area contributed by atoms with Gasteiger partial charge in [-0.05, 0) is 45.0 Å². The van der Waals surface area contributed by atoms with E-state index < -0.39 is 6.04 Å². The van der Waals surface area contributed by atoms with Crippen LogP contribution in [0.15, 0.2) is 23.0 Å². The molecule has 0 saturated carbocycles. The lowest BCUT2D eigenvalue weighted by Crippen LogP contribution is -2.43. The van der Waals surface area contributed by atoms with E-state index in [1.165, 1.54) is 0 Å². The second-order valence-corrected chi connectivity index (χ2v) is 8.27. The molecule has 9 nitrogen and oxygen atoms in total. The van der Waals surface area contributed by atoms with Crippen molar-refractivity contribution >= 4 is 5.91 Å². The molecule has 1 saturated heterocycles. The molecule has 1 amide bonds. The van der Waals surface area contributed by atoms with Gasteiger partial charge in [0.05, 0.1) is 18.2 Å². The Kier molecular flexibility index (Phi) is 8.35. The summed E-state index contributed by atoms with van der Waals surface area (Å²) in [7, 11) is 2.14. The van der Waals surface area contributed by atoms with Crippen LogP contribution in [0.3, 0.4) is 0 Å². The molecule has 0 bridgehead atoms. The Labute approximate surface area is 189 Å². The molecule has 0 spiro atoms. The molecule has 1 aliphatic rings. The van der Waals surface area contributed by atoms with Gasteiger partial charge >= 0.3 is 0 Å². The van der Waals surface area contributed by atoms with Crippen LogP contribution in [0.25, 0.3) is 11.4 Å². The number of aromatic nitrogens is 3. The summed E-state index contributed by atoms with van der Waals surface area (Å²) in [6.07, 6.45) is 1.15. The highest BCUT2D eigenvalue weighted by Gasteiger charge is 2.19. The number of aromatic amines is 1. The Morgan fingerprint density at radius 2 is 1.97 bits per heavy atom. The molecule has 0 aliphatic carbocycles. The van der Waals surface area contributed by atoms with Gasteiger partial charge in [-0.3, -0.25) is 14.5 Å². The number of carbonyl (C=O) groups is 1. The average molecular weight is 443 g/mol. The molecule has 1 aromatic carbocycles. The van der Waals surface area contributed by atoms with Crippen molar-refractivity contribution in [1.29, 1.82) is 0 Å². The molecule has 1 fully saturated rings. The maximum Gasteiger partial charge on any atom is 0.275 e. The standard InChI is InChI=1S/C23H34N6O3/c1-5-7-20(30)24-16(3)21-23(31)25-22(27-26-21)18-14-17(8-9-19(18)32-6-2)15-29-12-10-28(4)11-13-29/h8-9,14,16H,5-7,10-13,15H2,1-4H3,(H,24,30)(H,25,27,31). The normalized spacial score (nSPS) is 16.0. The maximum absolute atomic E-state index is 12.7. The Morgan fingerprint density at radius 3 is 2.62 bits per heavy atom. The first kappa shape index (κ1) is 23.9. The Hall–Kier alpha value is -2.78. The van der Waals surface area contributed by atoms with Gasteiger partial charge in [0, 0.05) is 39.1 Å². The number of nitrogens with zero attached hydrogens (tertiary/aromatic N) is 4. The Bertz CT molecular complexity index is 968. The van der Waals surface area contributed by atoms with E-state index >= 15 is 0 Å². The number of hydrogen-bond acceptors (Lipinski definition) is 7. The summed E-state index contributed by atoms with van der Waals surface area (Å²) >= 11 is 0. The third-order valence-corrected chi connectivity index (χ3v) is 5.59. The summed E-state index contributed by atoms with van der Waals surface area (Å²) in [5.41, 5.74) is 1.65. The molecular formula is C23H34N6O3. The number of piperazine rings is 1. The summed E-state index contributed by atoms with van der Waals surface area (Å²) in [6, 6.07) is 5.47. The minimum absolute atomic E-state index is 0.111. The topological polar surface area (TPSA) is 103 Å². The number of ether oxygens (including phenoxy) is 1. The third kappa shape index (κ3) is 6.14. The van der Waals surface area contributed by atoms with E-state index in [-0.39, 0.29) is 17.2 Å². The summed E-state index contributed by atoms with van der Waals surface area (Å²) in [6.45, 7) is 11.0. The van der Waals surface area contributed by atoms with Gasteiger partial charge in [-0.2, -0.15) is 0 Å². The molecule has 1 atom stereocenters. The molecule has 9 heteroatoms. The number of carbonyl (C=O) groups excluding carboxylic acids is 1. The molecule has 1 unspecified atom stereocenters. The fourth-order valence-corrected chi connectivity index (χ4v) is 3.77. The first-order valence-corrected chi connectivity index (χ1v) is 11.3. The Morgan fingerprint density at radius 1 is 1.22 bits per heavy atom. The number of rotatable bonds is 9. The molecule has 2 N–H and O–H groups in total. The van der Waals surface area contributed by atoms with Crippen LogP contribution in [0.2, 0.25) is 0 Å². The zero-order chi connectivity index (χ0) is 23.1. The van der Waals surface area contributed by atoms with Crippen LogP contribution in [0.5, 0.6) is 5.75 Å². The molecule has 1 aliphatic heterocycles. The van der Waals surface area contributed by atoms with Crippen molar-refractivity contribution in [3.8, 4) is 17.1 Å². The lowest BCUT2D eigenvalue weighted by atomic mass is 10.1. The maximum atomic E-state index is 12.7. The Balaban J connectivity index is 1.84. The molecule has 3 rings (SSSR count). The van der Waals surface area contributed by atoms with Crippen LogP contribution in [0.1, 0.15) is 50.9 Å². The highest BCUT2D eigenvalue weighted by atomic mass is 16.5. The average Bonchev–Trinajstić information content (AvgIpc) is 2.76. The number of likely N-dealkylation sites (N-methyl/N-ethyl adjacent to an activating group) is 1. The SMILES string of the molecule is CCCC(=O)NC(C)c1nnc(-c2cc(CN3CCN(C)CC3)ccc2OCC)[nH]c1=O. The van der Waals surface area contributed by atoms with Gasteiger partial charge in [-0.1, -0.05) is 13.0 Å². The summed E-state index contributed by atoms with van der Waals surface area (Å²) < 4.78 is 5.78. The van der Waals surface area contributed by atoms with E-state index in [0.29, 0.717) is 30.2 Å². The van der Waals surface area contributed by atoms with Crippen LogP contribution < -0.4 is 15.6 Å². The number of benzene rings is 1. The minimum atomic E-state index is -0.519. The predicted octanol–water partition coefficient (Wildman–Crippen LogP) is 1.96. The van der Waals surface area contributed by atoms with E-state index in [0.717, 1.165) is 44.7 Å². The zero-order valence-electron chi connectivity index (χ0n) is 19.5. The summed E-state index contributed by atoms with van der Waals surface area (Å²) in [4.78, 5) is 32.2. The van der Waals surface area contributed by atoms with Crippen molar-refractivity contribution < 1.29 is 9.53 Å². The van der Waals surface area contributed by atoms with Crippen LogP contribution in [0.4, 0.5) is 0 Å². The van der Waals surface area contributed by atoms with E-state index in [1.54, 1.807) is 6.92 Å². The molecule has 2 heterocycles. The van der Waals surface area contributed by atoms with Crippen LogP contribution >= 0.6 is 0 Å². The summed E-state index contributed by atoms with van der Waals surface area (Å²) in [5, 5.41) is 11.2. The fraction of sp³-hybridized carbons (Fsp3) is 0.565. The molecule has 2 aromatic rings. The molecule has 0 radical (unpaired) electrons. The zero-order valence-corrected chi connectivity index (χ0v) is 19.5. The van der Waals surface area contributed by atoms with Crippen LogP contribution in [0, 0.1) is 0 Å². The van der Waals surface area contributed by atoms with Crippen molar-refractivity contribution in [2.24, 2.45) is 0 Å². The van der Waals surface area contributed by atoms with Gasteiger partial charge in [-0.15, -0.1) is 10.2 Å². The quantitative estimate of drug-likeness (QED) is 0.612. The smallest absolute Gasteiger partial charge is 0.275 e. The van der Waals surface area contributed by atoms with Crippen molar-refractivity contribution in [2.45, 2.75) is 46.2 Å². The lowest BCUT2D eigenvalue weighted by Gasteiger charge is -2.32. The van der Waals surface area contributed by atoms with Gasteiger partial charge in [0.15, 0.2) is 11.5 Å². The monoisotopic (exact) mass is 442 g/mol. The van der Waals surface area contributed by atoms with Crippen molar-refractivity contribution in [1.82, 2.24) is 30.3 Å². The molecular weight excluding hydrogens is 408 g/mol. The van der Waals surface area contributed by atoms with E-state index in [1.807, 2.05) is 26.0 Å². The fourth-order valence-electron chi connectivity index (χ4n) is 3.77. The second kappa shape index (κ2) is 11.2. The van der Waals surface area contributed by atoms with E-state index in [2.05, 4.69) is 43.4 Å². The summed E-state index contributed by atoms with van der Waals surface area (Å²) in [5.74, 6) is 0.895. The van der Waals surface area contributed by atoms with Crippen molar-refractivity contribution in [2.75, 3.05) is 39.8 Å².